The average molecular weight is 180 g/mol. The number of hydrogen-bond acceptors (Lipinski definition) is 1. The molecule has 1 heteroatoms. The lowest BCUT2D eigenvalue weighted by Gasteiger charge is -2.18. The molecule has 0 aromatic rings. The number of aliphatic hydroxyl groups excluding tert-OH is 1. The van der Waals surface area contributed by atoms with E-state index in [2.05, 4.69) is 6.58 Å². The Hall–Kier alpha value is -0.300. The number of aliphatic hydroxyl groups is 1. The summed E-state index contributed by atoms with van der Waals surface area (Å²) in [5.41, 5.74) is 0. The molecule has 0 radical (unpaired) electrons. The molecule has 0 bridgehead atoms. The molecule has 2 saturated carbocycles. The molecule has 0 aromatic carbocycles. The molecular formula is C12H20O. The first-order valence-electron chi connectivity index (χ1n) is 5.60. The van der Waals surface area contributed by atoms with Gasteiger partial charge in [-0.3, -0.25) is 0 Å². The van der Waals surface area contributed by atoms with Crippen molar-refractivity contribution in [3.8, 4) is 0 Å². The van der Waals surface area contributed by atoms with E-state index in [4.69, 9.17) is 0 Å². The van der Waals surface area contributed by atoms with Gasteiger partial charge in [0.25, 0.3) is 0 Å². The summed E-state index contributed by atoms with van der Waals surface area (Å²) >= 11 is 0. The van der Waals surface area contributed by atoms with E-state index in [0.29, 0.717) is 5.92 Å². The number of rotatable bonds is 5. The van der Waals surface area contributed by atoms with Crippen LogP contribution in [0.5, 0.6) is 0 Å². The Morgan fingerprint density at radius 2 is 2.00 bits per heavy atom. The molecule has 2 aliphatic carbocycles. The predicted molar refractivity (Wildman–Crippen MR) is 54.4 cm³/mol. The van der Waals surface area contributed by atoms with Crippen LogP contribution < -0.4 is 0 Å². The van der Waals surface area contributed by atoms with E-state index < -0.39 is 0 Å². The van der Waals surface area contributed by atoms with Crippen LogP contribution in [0.15, 0.2) is 12.7 Å². The van der Waals surface area contributed by atoms with Gasteiger partial charge in [-0.25, -0.2) is 0 Å². The number of fused-ring (bicyclic) bond motifs is 1. The van der Waals surface area contributed by atoms with Crippen molar-refractivity contribution in [1.29, 1.82) is 0 Å². The van der Waals surface area contributed by atoms with Crippen molar-refractivity contribution in [3.05, 3.63) is 12.7 Å². The highest BCUT2D eigenvalue weighted by Crippen LogP contribution is 2.55. The van der Waals surface area contributed by atoms with Crippen molar-refractivity contribution in [3.63, 3.8) is 0 Å². The molecule has 74 valence electrons. The Balaban J connectivity index is 1.65. The molecule has 0 heterocycles. The van der Waals surface area contributed by atoms with Gasteiger partial charge in [-0.15, -0.1) is 6.58 Å². The fraction of sp³-hybridized carbons (Fsp3) is 0.833. The molecule has 0 amide bonds. The van der Waals surface area contributed by atoms with Gasteiger partial charge in [0.15, 0.2) is 0 Å². The van der Waals surface area contributed by atoms with Gasteiger partial charge in [-0.05, 0) is 56.3 Å². The third-order valence-electron chi connectivity index (χ3n) is 3.73. The van der Waals surface area contributed by atoms with Gasteiger partial charge in [0.1, 0.15) is 0 Å². The van der Waals surface area contributed by atoms with Crippen LogP contribution >= 0.6 is 0 Å². The maximum atomic E-state index is 9.88. The highest BCUT2D eigenvalue weighted by atomic mass is 16.3. The van der Waals surface area contributed by atoms with Gasteiger partial charge in [0.2, 0.25) is 0 Å². The fourth-order valence-electron chi connectivity index (χ4n) is 2.78. The normalized spacial score (nSPS) is 38.4. The van der Waals surface area contributed by atoms with E-state index in [1.165, 1.54) is 19.3 Å². The third-order valence-corrected chi connectivity index (χ3v) is 3.73. The summed E-state index contributed by atoms with van der Waals surface area (Å²) in [6.45, 7) is 3.69. The Kier molecular flexibility index (Phi) is 2.73. The van der Waals surface area contributed by atoms with Gasteiger partial charge >= 0.3 is 0 Å². The van der Waals surface area contributed by atoms with Crippen LogP contribution in [0.3, 0.4) is 0 Å². The standard InChI is InChI=1S/C12H20O/c1-2-3-4-5-12(13)11-7-9-6-10(9)8-11/h2,9-13H,1,3-8H2. The minimum Gasteiger partial charge on any atom is -0.393 e. The van der Waals surface area contributed by atoms with Crippen LogP contribution in [0.1, 0.15) is 38.5 Å². The molecule has 1 N–H and O–H groups in total. The van der Waals surface area contributed by atoms with Crippen LogP contribution in [0.2, 0.25) is 0 Å². The maximum Gasteiger partial charge on any atom is 0.0568 e. The second kappa shape index (κ2) is 3.83. The topological polar surface area (TPSA) is 20.2 Å². The average Bonchev–Trinajstić information content (AvgIpc) is 2.74. The molecule has 2 fully saturated rings. The molecular weight excluding hydrogens is 160 g/mol. The molecule has 1 nitrogen and oxygen atoms in total. The van der Waals surface area contributed by atoms with Crippen LogP contribution in [-0.2, 0) is 0 Å². The first-order valence-corrected chi connectivity index (χ1v) is 5.60. The zero-order chi connectivity index (χ0) is 9.26. The Morgan fingerprint density at radius 3 is 2.62 bits per heavy atom. The lowest BCUT2D eigenvalue weighted by atomic mass is 9.93. The van der Waals surface area contributed by atoms with Gasteiger partial charge in [0, 0.05) is 0 Å². The van der Waals surface area contributed by atoms with Gasteiger partial charge in [-0.1, -0.05) is 6.08 Å². The Labute approximate surface area is 80.8 Å². The summed E-state index contributed by atoms with van der Waals surface area (Å²) in [5.74, 6) is 2.63. The van der Waals surface area contributed by atoms with Crippen LogP contribution in [0.25, 0.3) is 0 Å². The van der Waals surface area contributed by atoms with E-state index in [0.717, 1.165) is 31.1 Å². The summed E-state index contributed by atoms with van der Waals surface area (Å²) < 4.78 is 0. The third kappa shape index (κ3) is 2.14. The molecule has 2 aliphatic rings. The molecule has 0 saturated heterocycles. The molecule has 2 rings (SSSR count). The van der Waals surface area contributed by atoms with Gasteiger partial charge in [-0.2, -0.15) is 0 Å². The van der Waals surface area contributed by atoms with Crippen molar-refractivity contribution in [2.45, 2.75) is 44.6 Å². The Bertz CT molecular complexity index is 178. The molecule has 0 aromatic heterocycles. The van der Waals surface area contributed by atoms with Crippen LogP contribution in [0, 0.1) is 17.8 Å². The van der Waals surface area contributed by atoms with E-state index >= 15 is 0 Å². The molecule has 0 aliphatic heterocycles. The highest BCUT2D eigenvalue weighted by Gasteiger charge is 2.47. The number of allylic oxidation sites excluding steroid dienone is 1. The highest BCUT2D eigenvalue weighted by molar-refractivity contribution is 4.97. The summed E-state index contributed by atoms with van der Waals surface area (Å²) in [4.78, 5) is 0. The first kappa shape index (κ1) is 9.26. The van der Waals surface area contributed by atoms with Gasteiger partial charge < -0.3 is 5.11 Å². The van der Waals surface area contributed by atoms with Gasteiger partial charge in [0.05, 0.1) is 6.10 Å². The second-order valence-electron chi connectivity index (χ2n) is 4.77. The van der Waals surface area contributed by atoms with Crippen molar-refractivity contribution in [2.24, 2.45) is 17.8 Å². The molecule has 3 atom stereocenters. The number of hydrogen-bond donors (Lipinski definition) is 1. The van der Waals surface area contributed by atoms with E-state index in [1.54, 1.807) is 0 Å². The maximum absolute atomic E-state index is 9.88. The minimum atomic E-state index is -0.0206. The lowest BCUT2D eigenvalue weighted by Crippen LogP contribution is -2.18. The lowest BCUT2D eigenvalue weighted by molar-refractivity contribution is 0.0935. The van der Waals surface area contributed by atoms with Crippen molar-refractivity contribution < 1.29 is 5.11 Å². The summed E-state index contributed by atoms with van der Waals surface area (Å²) in [6.07, 6.45) is 9.13. The summed E-state index contributed by atoms with van der Waals surface area (Å²) in [6, 6.07) is 0. The van der Waals surface area contributed by atoms with E-state index in [9.17, 15) is 5.11 Å². The second-order valence-corrected chi connectivity index (χ2v) is 4.77. The molecule has 3 unspecified atom stereocenters. The molecule has 13 heavy (non-hydrogen) atoms. The zero-order valence-electron chi connectivity index (χ0n) is 8.28. The van der Waals surface area contributed by atoms with Crippen molar-refractivity contribution in [2.75, 3.05) is 0 Å². The first-order chi connectivity index (χ1) is 6.31. The largest absolute Gasteiger partial charge is 0.393 e. The van der Waals surface area contributed by atoms with Crippen molar-refractivity contribution in [1.82, 2.24) is 0 Å². The summed E-state index contributed by atoms with van der Waals surface area (Å²) in [5, 5.41) is 9.88. The monoisotopic (exact) mass is 180 g/mol. The SMILES string of the molecule is C=CCCCC(O)C1CC2CC2C1. The minimum absolute atomic E-state index is 0.0206. The zero-order valence-corrected chi connectivity index (χ0v) is 8.28. The number of unbranched alkanes of at least 4 members (excludes halogenated alkanes) is 1. The van der Waals surface area contributed by atoms with E-state index in [-0.39, 0.29) is 6.10 Å². The van der Waals surface area contributed by atoms with Crippen LogP contribution in [-0.4, -0.2) is 11.2 Å². The molecule has 0 spiro atoms. The fourth-order valence-corrected chi connectivity index (χ4v) is 2.78. The van der Waals surface area contributed by atoms with Crippen molar-refractivity contribution >= 4 is 0 Å². The Morgan fingerprint density at radius 1 is 1.31 bits per heavy atom. The van der Waals surface area contributed by atoms with Crippen LogP contribution in [0.4, 0.5) is 0 Å². The summed E-state index contributed by atoms with van der Waals surface area (Å²) in [7, 11) is 0. The van der Waals surface area contributed by atoms with E-state index in [1.807, 2.05) is 6.08 Å². The smallest absolute Gasteiger partial charge is 0.0568 e. The quantitative estimate of drug-likeness (QED) is 0.509. The predicted octanol–water partition coefficient (Wildman–Crippen LogP) is 2.75.